The van der Waals surface area contributed by atoms with E-state index in [2.05, 4.69) is 5.32 Å². The van der Waals surface area contributed by atoms with Crippen LogP contribution in [0.15, 0.2) is 54.6 Å². The molecule has 0 spiro atoms. The zero-order chi connectivity index (χ0) is 21.0. The third-order valence-electron chi connectivity index (χ3n) is 5.16. The standard InChI is InChI=1S/C22H23F3N2O2/c1-2-11-26-20(28)19-14-27(21(29)15-7-4-3-5-8-15)13-18(19)16-9-6-10-17(12-16)22(23,24)25/h3-10,12,18-19H,2,11,13-14H2,1H3,(H,26,28). The number of hydrogen-bond donors (Lipinski definition) is 1. The van der Waals surface area contributed by atoms with Gasteiger partial charge in [-0.25, -0.2) is 0 Å². The van der Waals surface area contributed by atoms with Gasteiger partial charge >= 0.3 is 6.18 Å². The summed E-state index contributed by atoms with van der Waals surface area (Å²) < 4.78 is 39.5. The lowest BCUT2D eigenvalue weighted by Crippen LogP contribution is -2.36. The Bertz CT molecular complexity index is 868. The molecular weight excluding hydrogens is 381 g/mol. The summed E-state index contributed by atoms with van der Waals surface area (Å²) in [5, 5.41) is 2.82. The van der Waals surface area contributed by atoms with Gasteiger partial charge in [0.2, 0.25) is 5.91 Å². The Morgan fingerprint density at radius 2 is 1.79 bits per heavy atom. The summed E-state index contributed by atoms with van der Waals surface area (Å²) in [4.78, 5) is 27.1. The molecular formula is C22H23F3N2O2. The van der Waals surface area contributed by atoms with Crippen LogP contribution < -0.4 is 5.32 Å². The van der Waals surface area contributed by atoms with E-state index in [0.29, 0.717) is 17.7 Å². The first-order valence-corrected chi connectivity index (χ1v) is 9.60. The Labute approximate surface area is 167 Å². The van der Waals surface area contributed by atoms with Crippen LogP contribution in [0.4, 0.5) is 13.2 Å². The SMILES string of the molecule is CCCNC(=O)C1CN(C(=O)c2ccccc2)CC1c1cccc(C(F)(F)F)c1. The number of alkyl halides is 3. The lowest BCUT2D eigenvalue weighted by Gasteiger charge is -2.19. The Morgan fingerprint density at radius 3 is 2.45 bits per heavy atom. The summed E-state index contributed by atoms with van der Waals surface area (Å²) in [7, 11) is 0. The smallest absolute Gasteiger partial charge is 0.356 e. The van der Waals surface area contributed by atoms with Crippen LogP contribution in [0.25, 0.3) is 0 Å². The van der Waals surface area contributed by atoms with Crippen molar-refractivity contribution in [3.8, 4) is 0 Å². The molecule has 29 heavy (non-hydrogen) atoms. The molecule has 0 aromatic heterocycles. The number of nitrogens with one attached hydrogen (secondary N) is 1. The van der Waals surface area contributed by atoms with Crippen molar-refractivity contribution in [2.24, 2.45) is 5.92 Å². The molecule has 1 N–H and O–H groups in total. The number of benzene rings is 2. The molecule has 154 valence electrons. The predicted octanol–water partition coefficient (Wildman–Crippen LogP) is 4.09. The largest absolute Gasteiger partial charge is 0.416 e. The van der Waals surface area contributed by atoms with Crippen LogP contribution in [0.1, 0.15) is 40.7 Å². The summed E-state index contributed by atoms with van der Waals surface area (Å²) >= 11 is 0. The van der Waals surface area contributed by atoms with E-state index in [0.717, 1.165) is 18.6 Å². The topological polar surface area (TPSA) is 49.4 Å². The summed E-state index contributed by atoms with van der Waals surface area (Å²) in [6.45, 7) is 2.77. The zero-order valence-corrected chi connectivity index (χ0v) is 16.1. The van der Waals surface area contributed by atoms with Crippen molar-refractivity contribution in [3.63, 3.8) is 0 Å². The molecule has 2 unspecified atom stereocenters. The highest BCUT2D eigenvalue weighted by atomic mass is 19.4. The third-order valence-corrected chi connectivity index (χ3v) is 5.16. The van der Waals surface area contributed by atoms with Gasteiger partial charge in [-0.3, -0.25) is 9.59 Å². The minimum absolute atomic E-state index is 0.171. The van der Waals surface area contributed by atoms with E-state index in [9.17, 15) is 22.8 Å². The molecule has 0 saturated carbocycles. The van der Waals surface area contributed by atoms with E-state index in [1.165, 1.54) is 6.07 Å². The third kappa shape index (κ3) is 4.78. The van der Waals surface area contributed by atoms with Gasteiger partial charge in [0.15, 0.2) is 0 Å². The van der Waals surface area contributed by atoms with Gasteiger partial charge in [-0.1, -0.05) is 43.3 Å². The molecule has 0 aliphatic carbocycles. The lowest BCUT2D eigenvalue weighted by atomic mass is 9.87. The number of nitrogens with zero attached hydrogens (tertiary/aromatic N) is 1. The fraction of sp³-hybridized carbons (Fsp3) is 0.364. The maximum Gasteiger partial charge on any atom is 0.416 e. The molecule has 1 aliphatic heterocycles. The number of carbonyl (C=O) groups excluding carboxylic acids is 2. The van der Waals surface area contributed by atoms with E-state index in [1.54, 1.807) is 41.3 Å². The van der Waals surface area contributed by atoms with Gasteiger partial charge in [0.25, 0.3) is 5.91 Å². The minimum atomic E-state index is -4.46. The van der Waals surface area contributed by atoms with Crippen molar-refractivity contribution in [1.82, 2.24) is 10.2 Å². The van der Waals surface area contributed by atoms with Crippen LogP contribution in [0.2, 0.25) is 0 Å². The van der Waals surface area contributed by atoms with Gasteiger partial charge in [0.1, 0.15) is 0 Å². The molecule has 2 atom stereocenters. The minimum Gasteiger partial charge on any atom is -0.356 e. The number of likely N-dealkylation sites (tertiary alicyclic amines) is 1. The average molecular weight is 404 g/mol. The highest BCUT2D eigenvalue weighted by molar-refractivity contribution is 5.95. The molecule has 3 rings (SSSR count). The molecule has 4 nitrogen and oxygen atoms in total. The molecule has 7 heteroatoms. The van der Waals surface area contributed by atoms with Crippen molar-refractivity contribution in [2.75, 3.05) is 19.6 Å². The van der Waals surface area contributed by atoms with Gasteiger partial charge in [0.05, 0.1) is 11.5 Å². The summed E-state index contributed by atoms with van der Waals surface area (Å²) in [6.07, 6.45) is -3.71. The number of hydrogen-bond acceptors (Lipinski definition) is 2. The molecule has 1 heterocycles. The van der Waals surface area contributed by atoms with Gasteiger partial charge in [0, 0.05) is 31.1 Å². The second kappa shape index (κ2) is 8.68. The van der Waals surface area contributed by atoms with Gasteiger partial charge in [-0.05, 0) is 30.2 Å². The fourth-order valence-corrected chi connectivity index (χ4v) is 3.66. The monoisotopic (exact) mass is 404 g/mol. The molecule has 2 aromatic rings. The Kier molecular flexibility index (Phi) is 6.25. The first-order valence-electron chi connectivity index (χ1n) is 9.60. The van der Waals surface area contributed by atoms with Crippen LogP contribution in [0.3, 0.4) is 0 Å². The number of amides is 2. The van der Waals surface area contributed by atoms with Crippen LogP contribution in [0.5, 0.6) is 0 Å². The summed E-state index contributed by atoms with van der Waals surface area (Å²) in [5.41, 5.74) is 0.153. The van der Waals surface area contributed by atoms with Crippen LogP contribution in [0, 0.1) is 5.92 Å². The predicted molar refractivity (Wildman–Crippen MR) is 103 cm³/mol. The van der Waals surface area contributed by atoms with Crippen molar-refractivity contribution < 1.29 is 22.8 Å². The molecule has 1 aliphatic rings. The summed E-state index contributed by atoms with van der Waals surface area (Å²) in [5.74, 6) is -1.56. The van der Waals surface area contributed by atoms with Crippen molar-refractivity contribution in [2.45, 2.75) is 25.4 Å². The van der Waals surface area contributed by atoms with Crippen LogP contribution in [-0.2, 0) is 11.0 Å². The van der Waals surface area contributed by atoms with Crippen molar-refractivity contribution in [1.29, 1.82) is 0 Å². The van der Waals surface area contributed by atoms with Gasteiger partial charge < -0.3 is 10.2 Å². The quantitative estimate of drug-likeness (QED) is 0.816. The average Bonchev–Trinajstić information content (AvgIpc) is 3.17. The van der Waals surface area contributed by atoms with E-state index in [1.807, 2.05) is 6.92 Å². The second-order valence-electron chi connectivity index (χ2n) is 7.20. The maximum absolute atomic E-state index is 13.2. The second-order valence-corrected chi connectivity index (χ2v) is 7.20. The molecule has 0 radical (unpaired) electrons. The highest BCUT2D eigenvalue weighted by Gasteiger charge is 2.41. The van der Waals surface area contributed by atoms with Crippen LogP contribution >= 0.6 is 0 Å². The normalized spacial score (nSPS) is 19.2. The molecule has 0 bridgehead atoms. The number of rotatable bonds is 5. The van der Waals surface area contributed by atoms with E-state index in [-0.39, 0.29) is 24.9 Å². The van der Waals surface area contributed by atoms with Crippen molar-refractivity contribution in [3.05, 3.63) is 71.3 Å². The number of halogens is 3. The molecule has 1 fully saturated rings. The van der Waals surface area contributed by atoms with Crippen molar-refractivity contribution >= 4 is 11.8 Å². The van der Waals surface area contributed by atoms with Gasteiger partial charge in [-0.15, -0.1) is 0 Å². The summed E-state index contributed by atoms with van der Waals surface area (Å²) in [6, 6.07) is 13.7. The lowest BCUT2D eigenvalue weighted by molar-refractivity contribution is -0.137. The fourth-order valence-electron chi connectivity index (χ4n) is 3.66. The van der Waals surface area contributed by atoms with Gasteiger partial charge in [-0.2, -0.15) is 13.2 Å². The van der Waals surface area contributed by atoms with E-state index >= 15 is 0 Å². The molecule has 2 aromatic carbocycles. The zero-order valence-electron chi connectivity index (χ0n) is 16.1. The Balaban J connectivity index is 1.90. The Morgan fingerprint density at radius 1 is 1.07 bits per heavy atom. The number of carbonyl (C=O) groups is 2. The molecule has 2 amide bonds. The maximum atomic E-state index is 13.2. The van der Waals surface area contributed by atoms with Crippen LogP contribution in [-0.4, -0.2) is 36.3 Å². The first kappa shape index (κ1) is 20.9. The van der Waals surface area contributed by atoms with E-state index < -0.39 is 23.6 Å². The van der Waals surface area contributed by atoms with E-state index in [4.69, 9.17) is 0 Å². The first-order chi connectivity index (χ1) is 13.8. The highest BCUT2D eigenvalue weighted by Crippen LogP contribution is 2.37. The Hall–Kier alpha value is -2.83. The molecule has 1 saturated heterocycles.